The van der Waals surface area contributed by atoms with Gasteiger partial charge >= 0.3 is 5.97 Å². The van der Waals surface area contributed by atoms with Crippen LogP contribution in [0.3, 0.4) is 0 Å². The molecule has 1 fully saturated rings. The number of rotatable bonds is 40. The number of hydrogen-bond donors (Lipinski definition) is 19. The maximum absolute atomic E-state index is 14.4. The van der Waals surface area contributed by atoms with Crippen LogP contribution in [0, 0.1) is 5.92 Å². The van der Waals surface area contributed by atoms with Gasteiger partial charge in [0.15, 0.2) is 5.96 Å². The van der Waals surface area contributed by atoms with Crippen LogP contribution in [0.25, 0.3) is 0 Å². The summed E-state index contributed by atoms with van der Waals surface area (Å²) in [6, 6.07) is 16.5. The van der Waals surface area contributed by atoms with E-state index in [2.05, 4.69) is 93.4 Å². The Bertz CT molecular complexity index is 3830. The zero-order valence-corrected chi connectivity index (χ0v) is 61.4. The van der Waals surface area contributed by atoms with E-state index in [0.717, 1.165) is 0 Å². The molecule has 11 atom stereocenters. The average molecular weight is 1500 g/mol. The third-order valence-corrected chi connectivity index (χ3v) is 17.8. The third-order valence-electron chi connectivity index (χ3n) is 17.1. The number of aromatic amines is 1. The number of nitrogens with zero attached hydrogens (tertiary/aromatic N) is 3. The molecule has 2 heterocycles. The molecule has 0 aliphatic carbocycles. The lowest BCUT2D eigenvalue weighted by molar-refractivity contribution is -0.144. The zero-order valence-electron chi connectivity index (χ0n) is 59.6. The minimum Gasteiger partial charge on any atom is -0.508 e. The molecule has 1 aliphatic rings. The molecule has 11 amide bonds. The number of aliphatic hydroxyl groups excluding tert-OH is 1. The van der Waals surface area contributed by atoms with E-state index in [9.17, 15) is 72.9 Å². The first-order valence-corrected chi connectivity index (χ1v) is 35.6. The van der Waals surface area contributed by atoms with E-state index in [1.807, 2.05) is 13.8 Å². The van der Waals surface area contributed by atoms with Gasteiger partial charge in [0, 0.05) is 73.3 Å². The van der Waals surface area contributed by atoms with Gasteiger partial charge < -0.3 is 95.6 Å². The van der Waals surface area contributed by atoms with Crippen LogP contribution >= 0.6 is 25.3 Å². The molecule has 4 aromatic carbocycles. The van der Waals surface area contributed by atoms with Gasteiger partial charge in [0.2, 0.25) is 59.1 Å². The summed E-state index contributed by atoms with van der Waals surface area (Å²) < 4.78 is -1.35. The predicted octanol–water partition coefficient (Wildman–Crippen LogP) is -1.17. The molecule has 0 spiro atoms. The van der Waals surface area contributed by atoms with Gasteiger partial charge in [-0.1, -0.05) is 98.8 Å². The lowest BCUT2D eigenvalue weighted by atomic mass is 9.99. The molecule has 1 aliphatic heterocycles. The van der Waals surface area contributed by atoms with Crippen molar-refractivity contribution in [2.24, 2.45) is 28.1 Å². The molecule has 6 rings (SSSR count). The molecule has 572 valence electrons. The van der Waals surface area contributed by atoms with Crippen molar-refractivity contribution in [2.45, 2.75) is 170 Å². The minimum atomic E-state index is -1.73. The van der Waals surface area contributed by atoms with Crippen LogP contribution in [0.4, 0.5) is 0 Å². The van der Waals surface area contributed by atoms with Crippen molar-refractivity contribution in [3.8, 4) is 5.75 Å². The van der Waals surface area contributed by atoms with Gasteiger partial charge in [-0.2, -0.15) is 25.3 Å². The molecule has 1 aromatic heterocycles. The van der Waals surface area contributed by atoms with Crippen LogP contribution in [-0.2, 0) is 85.0 Å². The molecule has 1 saturated heterocycles. The molecule has 32 nitrogen and oxygen atoms in total. The number of aliphatic hydroxyl groups is 1. The van der Waals surface area contributed by atoms with Gasteiger partial charge in [0.25, 0.3) is 5.91 Å². The number of H-pyrrole nitrogens is 1. The first-order chi connectivity index (χ1) is 50.3. The van der Waals surface area contributed by atoms with E-state index in [4.69, 9.17) is 17.2 Å². The van der Waals surface area contributed by atoms with Crippen LogP contribution in [0.5, 0.6) is 5.75 Å². The number of hydrogen-bond acceptors (Lipinski definition) is 19. The average Bonchev–Trinajstić information content (AvgIpc) is 1.71. The number of carboxylic acid groups (broad SMARTS) is 1. The number of thiol groups is 2. The van der Waals surface area contributed by atoms with Crippen molar-refractivity contribution in [1.82, 2.24) is 68.0 Å². The highest BCUT2D eigenvalue weighted by Gasteiger charge is 2.42. The van der Waals surface area contributed by atoms with E-state index in [0.29, 0.717) is 40.8 Å². The van der Waals surface area contributed by atoms with Crippen molar-refractivity contribution in [3.05, 3.63) is 155 Å². The Labute approximate surface area is 624 Å². The number of carbonyl (C=O) groups is 12. The van der Waals surface area contributed by atoms with Gasteiger partial charge in [-0.3, -0.25) is 57.7 Å². The fraction of sp³-hybridized carbons (Fsp3) is 0.444. The van der Waals surface area contributed by atoms with Crippen LogP contribution in [0.2, 0.25) is 0 Å². The Morgan fingerprint density at radius 2 is 1.20 bits per heavy atom. The Morgan fingerprint density at radius 3 is 1.76 bits per heavy atom. The minimum absolute atomic E-state index is 0.0249. The van der Waals surface area contributed by atoms with Crippen molar-refractivity contribution >= 4 is 102 Å². The van der Waals surface area contributed by atoms with Crippen molar-refractivity contribution in [2.75, 3.05) is 25.4 Å². The summed E-state index contributed by atoms with van der Waals surface area (Å²) >= 11 is 8.62. The predicted molar refractivity (Wildman–Crippen MR) is 399 cm³/mol. The second-order valence-corrected chi connectivity index (χ2v) is 28.3. The number of imidazole rings is 1. The molecular formula is C72H97N17O15S2. The summed E-state index contributed by atoms with van der Waals surface area (Å²) in [6.45, 7) is 7.34. The third kappa shape index (κ3) is 27.2. The molecule has 0 radical (unpaired) electrons. The largest absolute Gasteiger partial charge is 0.508 e. The Balaban J connectivity index is 1.10. The Kier molecular flexibility index (Phi) is 32.8. The number of likely N-dealkylation sites (tertiary alicyclic amines) is 1. The Hall–Kier alpha value is -10.6. The van der Waals surface area contributed by atoms with Crippen LogP contribution in [-0.4, -0.2) is 204 Å². The van der Waals surface area contributed by atoms with Gasteiger partial charge in [-0.15, -0.1) is 0 Å². The number of carbonyl (C=O) groups excluding carboxylic acids is 11. The number of amides is 11. The maximum Gasteiger partial charge on any atom is 0.327 e. The van der Waals surface area contributed by atoms with Crippen molar-refractivity contribution < 1.29 is 72.9 Å². The number of aliphatic carboxylic acids is 1. The number of phenolic OH excluding ortho intramolecular Hbond substituents is 1. The second kappa shape index (κ2) is 41.2. The first-order valence-electron chi connectivity index (χ1n) is 34.6. The van der Waals surface area contributed by atoms with Crippen molar-refractivity contribution in [3.63, 3.8) is 0 Å². The molecule has 0 unspecified atom stereocenters. The monoisotopic (exact) mass is 1500 g/mol. The summed E-state index contributed by atoms with van der Waals surface area (Å²) in [5.41, 5.74) is 19.9. The number of phenols is 1. The number of nitrogens with two attached hydrogens (primary N) is 3. The lowest BCUT2D eigenvalue weighted by Crippen LogP contribution is -2.63. The van der Waals surface area contributed by atoms with Crippen LogP contribution in [0.1, 0.15) is 105 Å². The highest BCUT2D eigenvalue weighted by Crippen LogP contribution is 2.23. The number of nitrogens with one attached hydrogen (secondary N) is 11. The van der Waals surface area contributed by atoms with Crippen LogP contribution in [0.15, 0.2) is 127 Å². The van der Waals surface area contributed by atoms with E-state index in [1.54, 1.807) is 84.9 Å². The van der Waals surface area contributed by atoms with Gasteiger partial charge in [-0.25, -0.2) is 9.78 Å². The van der Waals surface area contributed by atoms with E-state index in [1.165, 1.54) is 62.5 Å². The fourth-order valence-corrected chi connectivity index (χ4v) is 11.9. The summed E-state index contributed by atoms with van der Waals surface area (Å²) in [4.78, 5) is 178. The lowest BCUT2D eigenvalue weighted by Gasteiger charge is -2.33. The summed E-state index contributed by atoms with van der Waals surface area (Å²) in [6.07, 6.45) is 2.17. The van der Waals surface area contributed by atoms with E-state index in [-0.39, 0.29) is 93.5 Å². The van der Waals surface area contributed by atoms with Gasteiger partial charge in [0.1, 0.15) is 60.1 Å². The van der Waals surface area contributed by atoms with Crippen molar-refractivity contribution in [1.29, 1.82) is 0 Å². The normalized spacial score (nSPS) is 15.5. The highest BCUT2D eigenvalue weighted by molar-refractivity contribution is 7.81. The number of aromatic nitrogens is 2. The molecule has 5 aromatic rings. The molecule has 106 heavy (non-hydrogen) atoms. The second-order valence-electron chi connectivity index (χ2n) is 26.8. The summed E-state index contributed by atoms with van der Waals surface area (Å²) in [5, 5.41) is 56.7. The Morgan fingerprint density at radius 1 is 0.642 bits per heavy atom. The van der Waals surface area contributed by atoms with Gasteiger partial charge in [0.05, 0.1) is 25.0 Å². The fourth-order valence-electron chi connectivity index (χ4n) is 11.4. The molecule has 0 saturated carbocycles. The SMILES string of the molecule is CC(C)C[C@H](NC(=O)c1ccc(CNC(=O)[C@H](Cc2ccccc2)NC(=O)[C@H](Cc2cnc[nH]2)NC(=O)CNC(=O)[C@@H](NC(=O)[C@@H](NC(=O)[C@H](Cc2ccccc2)NC(=O)[C@@H](N)CCCN=C(N)N)C(C)(C)S)[C@@H](C)O)cc1)C(=O)N[C@@H](Cc1ccc(O)cc1)C(=O)N1CCC[C@H]1C(=O)N[C@@H](CS)C(=O)O. The zero-order chi connectivity index (χ0) is 77.8. The van der Waals surface area contributed by atoms with Gasteiger partial charge in [-0.05, 0) is 105 Å². The maximum atomic E-state index is 14.4. The van der Waals surface area contributed by atoms with E-state index < -0.39 is 149 Å². The molecular weight excluding hydrogens is 1410 g/mol. The molecule has 0 bridgehead atoms. The topological polar surface area (TPSA) is 508 Å². The quantitative estimate of drug-likeness (QED) is 0.00951. The number of aliphatic imine (C=N–C) groups is 1. The number of benzene rings is 4. The number of aromatic hydroxyl groups is 1. The summed E-state index contributed by atoms with van der Waals surface area (Å²) in [5.74, 6) is -10.4. The molecule has 34 heteroatoms. The highest BCUT2D eigenvalue weighted by atomic mass is 32.1. The molecule has 20 N–H and O–H groups in total. The van der Waals surface area contributed by atoms with E-state index >= 15 is 0 Å². The van der Waals surface area contributed by atoms with Crippen LogP contribution < -0.4 is 70.4 Å². The standard InChI is InChI=1S/C72H97N17O15S2/c1-40(2)30-50(63(96)85-54(33-44-22-26-48(91)27-23-44)69(102)89-29-13-19-56(89)66(99)86-55(38-105)70(103)104)82-60(93)46-24-20-45(21-25-46)35-78-62(95)51(31-42-14-8-6-9-15-42)84-64(97)53(34-47-36-76-39-80-47)81-57(92)37-79-67(100)58(41(3)90)87-68(101)59(72(4,5)106)88-65(98)52(32-43-16-10-7-11-17-43)83-61(94)49(73)18-12-28-77-71(74)75/h6-11,14-17,20-27,36,39-41,49-56,58-59,90-91,105-106H,12-13,18-19,28-35,37-38,73H2,1-5H3,(H,76,80)(H,78,95)(H,79,100)(H,81,92)(H,82,93)(H,83,94)(H,84,97)(H,85,96)(H,86,99)(H,87,101)(H,88,98)(H,103,104)(H4,74,75,77)/t41-,49+,50+,51+,52+,53+,54+,55+,56+,58+,59-/m1/s1. The summed E-state index contributed by atoms with van der Waals surface area (Å²) in [7, 11) is 0. The number of carboxylic acids is 1. The smallest absolute Gasteiger partial charge is 0.327 e. The first kappa shape index (κ1) is 84.4. The number of guanidine groups is 1.